The molecule has 1 fully saturated rings. The Balaban J connectivity index is 2.49. The van der Waals surface area contributed by atoms with Crippen molar-refractivity contribution in [3.8, 4) is 0 Å². The Labute approximate surface area is 82.3 Å². The molecule has 0 aromatic carbocycles. The molecule has 0 N–H and O–H groups in total. The first kappa shape index (κ1) is 10.3. The molecule has 1 heterocycles. The molecule has 1 rings (SSSR count). The van der Waals surface area contributed by atoms with Crippen LogP contribution in [0.1, 0.15) is 6.92 Å². The average molecular weight is 211 g/mol. The van der Waals surface area contributed by atoms with Crippen molar-refractivity contribution < 1.29 is 4.79 Å². The molecule has 0 bridgehead atoms. The highest BCUT2D eigenvalue weighted by atomic mass is 35.5. The maximum Gasteiger partial charge on any atom is 0.152 e. The van der Waals surface area contributed by atoms with Crippen molar-refractivity contribution in [3.05, 3.63) is 0 Å². The van der Waals surface area contributed by atoms with Crippen LogP contribution in [0.2, 0.25) is 0 Å². The van der Waals surface area contributed by atoms with E-state index in [0.717, 1.165) is 25.9 Å². The van der Waals surface area contributed by atoms with Crippen LogP contribution in [0.25, 0.3) is 0 Å². The van der Waals surface area contributed by atoms with Crippen LogP contribution in [0.3, 0.4) is 0 Å². The molecule has 1 saturated heterocycles. The van der Waals surface area contributed by atoms with Crippen molar-refractivity contribution in [1.29, 1.82) is 0 Å². The van der Waals surface area contributed by atoms with E-state index >= 15 is 0 Å². The monoisotopic (exact) mass is 210 g/mol. The standard InChI is InChI=1S/C7H12Cl2N2O/c1-6-4-10(9)2-3-11(6)7(8)5-12/h5-7H,2-4H2,1H3. The van der Waals surface area contributed by atoms with Crippen molar-refractivity contribution in [1.82, 2.24) is 9.32 Å². The number of alkyl halides is 1. The highest BCUT2D eigenvalue weighted by Crippen LogP contribution is 2.15. The lowest BCUT2D eigenvalue weighted by molar-refractivity contribution is -0.111. The van der Waals surface area contributed by atoms with Gasteiger partial charge in [-0.15, -0.1) is 0 Å². The maximum absolute atomic E-state index is 10.4. The Morgan fingerprint density at radius 3 is 2.75 bits per heavy atom. The van der Waals surface area contributed by atoms with Gasteiger partial charge in [0.05, 0.1) is 0 Å². The van der Waals surface area contributed by atoms with Crippen molar-refractivity contribution >= 4 is 29.7 Å². The lowest BCUT2D eigenvalue weighted by Gasteiger charge is -2.37. The summed E-state index contributed by atoms with van der Waals surface area (Å²) in [7, 11) is 0. The summed E-state index contributed by atoms with van der Waals surface area (Å²) < 4.78 is 1.72. The molecule has 3 nitrogen and oxygen atoms in total. The third-order valence-electron chi connectivity index (χ3n) is 2.06. The number of halogens is 2. The van der Waals surface area contributed by atoms with Gasteiger partial charge in [0.15, 0.2) is 6.29 Å². The zero-order valence-electron chi connectivity index (χ0n) is 6.91. The summed E-state index contributed by atoms with van der Waals surface area (Å²) in [5.41, 5.74) is -0.509. The molecule has 0 aliphatic carbocycles. The van der Waals surface area contributed by atoms with Gasteiger partial charge in [-0.2, -0.15) is 0 Å². The lowest BCUT2D eigenvalue weighted by atomic mass is 10.2. The Kier molecular flexibility index (Phi) is 3.77. The number of nitrogens with zero attached hydrogens (tertiary/aromatic N) is 2. The molecule has 0 aromatic heterocycles. The number of piperazine rings is 1. The minimum Gasteiger partial charge on any atom is -0.300 e. The first-order valence-corrected chi connectivity index (χ1v) is 4.68. The smallest absolute Gasteiger partial charge is 0.152 e. The molecule has 0 radical (unpaired) electrons. The van der Waals surface area contributed by atoms with Crippen molar-refractivity contribution in [2.75, 3.05) is 19.6 Å². The van der Waals surface area contributed by atoms with Crippen molar-refractivity contribution in [2.24, 2.45) is 0 Å². The normalized spacial score (nSPS) is 30.1. The molecular formula is C7H12Cl2N2O. The lowest BCUT2D eigenvalue weighted by Crippen LogP contribution is -2.51. The zero-order chi connectivity index (χ0) is 9.14. The molecule has 1 aliphatic rings. The van der Waals surface area contributed by atoms with Crippen LogP contribution in [0.15, 0.2) is 0 Å². The molecule has 2 atom stereocenters. The van der Waals surface area contributed by atoms with Gasteiger partial charge in [-0.05, 0) is 18.7 Å². The maximum atomic E-state index is 10.4. The van der Waals surface area contributed by atoms with Crippen LogP contribution in [0.5, 0.6) is 0 Å². The quantitative estimate of drug-likeness (QED) is 0.293. The van der Waals surface area contributed by atoms with Crippen LogP contribution < -0.4 is 0 Å². The number of hydrogen-bond donors (Lipinski definition) is 0. The SMILES string of the molecule is CC1CN(Cl)CCN1C(Cl)C=O. The number of aldehydes is 1. The zero-order valence-corrected chi connectivity index (χ0v) is 8.42. The fraction of sp³-hybridized carbons (Fsp3) is 0.857. The van der Waals surface area contributed by atoms with Gasteiger partial charge in [0.25, 0.3) is 0 Å². The van der Waals surface area contributed by atoms with Gasteiger partial charge >= 0.3 is 0 Å². The van der Waals surface area contributed by atoms with Crippen LogP contribution in [0.4, 0.5) is 0 Å². The third-order valence-corrected chi connectivity index (χ3v) is 2.72. The summed E-state index contributed by atoms with van der Waals surface area (Å²) in [5, 5.41) is 0. The van der Waals surface area contributed by atoms with E-state index < -0.39 is 5.50 Å². The largest absolute Gasteiger partial charge is 0.300 e. The minimum atomic E-state index is -0.509. The second kappa shape index (κ2) is 4.42. The molecule has 5 heteroatoms. The number of hydrogen-bond acceptors (Lipinski definition) is 3. The van der Waals surface area contributed by atoms with Gasteiger partial charge < -0.3 is 4.79 Å². The second-order valence-electron chi connectivity index (χ2n) is 2.96. The highest BCUT2D eigenvalue weighted by Gasteiger charge is 2.27. The molecule has 0 aromatic rings. The van der Waals surface area contributed by atoms with Gasteiger partial charge in [-0.25, -0.2) is 4.42 Å². The minimum absolute atomic E-state index is 0.240. The van der Waals surface area contributed by atoms with Gasteiger partial charge in [-0.1, -0.05) is 11.6 Å². The van der Waals surface area contributed by atoms with Crippen molar-refractivity contribution in [3.63, 3.8) is 0 Å². The van der Waals surface area contributed by atoms with Crippen molar-refractivity contribution in [2.45, 2.75) is 18.5 Å². The first-order chi connectivity index (χ1) is 5.65. The second-order valence-corrected chi connectivity index (χ2v) is 3.89. The summed E-state index contributed by atoms with van der Waals surface area (Å²) in [6.45, 7) is 4.26. The van der Waals surface area contributed by atoms with E-state index in [2.05, 4.69) is 0 Å². The summed E-state index contributed by atoms with van der Waals surface area (Å²) in [5.74, 6) is 0. The van der Waals surface area contributed by atoms with Crippen LogP contribution in [-0.2, 0) is 4.79 Å². The van der Waals surface area contributed by atoms with E-state index in [1.54, 1.807) is 4.42 Å². The highest BCUT2D eigenvalue weighted by molar-refractivity contribution is 6.27. The molecule has 0 saturated carbocycles. The van der Waals surface area contributed by atoms with E-state index in [-0.39, 0.29) is 6.04 Å². The predicted molar refractivity (Wildman–Crippen MR) is 49.3 cm³/mol. The van der Waals surface area contributed by atoms with E-state index in [4.69, 9.17) is 23.4 Å². The first-order valence-electron chi connectivity index (χ1n) is 3.91. The van der Waals surface area contributed by atoms with Gasteiger partial charge in [0.2, 0.25) is 0 Å². The van der Waals surface area contributed by atoms with E-state index in [1.807, 2.05) is 11.8 Å². The summed E-state index contributed by atoms with van der Waals surface area (Å²) in [4.78, 5) is 12.3. The van der Waals surface area contributed by atoms with Crippen LogP contribution in [0, 0.1) is 0 Å². The molecule has 12 heavy (non-hydrogen) atoms. The summed E-state index contributed by atoms with van der Waals surface area (Å²) in [6, 6.07) is 0.240. The molecular weight excluding hydrogens is 199 g/mol. The average Bonchev–Trinajstić information content (AvgIpc) is 2.03. The van der Waals surface area contributed by atoms with E-state index in [0.29, 0.717) is 0 Å². The molecule has 70 valence electrons. The van der Waals surface area contributed by atoms with Gasteiger partial charge in [0.1, 0.15) is 5.50 Å². The molecule has 1 aliphatic heterocycles. The van der Waals surface area contributed by atoms with Gasteiger partial charge in [-0.3, -0.25) is 4.90 Å². The molecule has 0 spiro atoms. The van der Waals surface area contributed by atoms with Crippen LogP contribution in [-0.4, -0.2) is 46.8 Å². The number of carbonyl (C=O) groups excluding carboxylic acids is 1. The fourth-order valence-corrected chi connectivity index (χ4v) is 1.94. The van der Waals surface area contributed by atoms with E-state index in [1.165, 1.54) is 0 Å². The van der Waals surface area contributed by atoms with Crippen LogP contribution >= 0.6 is 23.4 Å². The molecule has 0 amide bonds. The third kappa shape index (κ3) is 2.33. The fourth-order valence-electron chi connectivity index (χ4n) is 1.37. The topological polar surface area (TPSA) is 23.6 Å². The predicted octanol–water partition coefficient (Wildman–Crippen LogP) is 0.910. The Hall–Kier alpha value is 0.170. The Bertz CT molecular complexity index is 167. The Morgan fingerprint density at radius 1 is 1.58 bits per heavy atom. The summed E-state index contributed by atoms with van der Waals surface area (Å²) in [6.07, 6.45) is 0.752. The summed E-state index contributed by atoms with van der Waals surface area (Å²) >= 11 is 11.6. The van der Waals surface area contributed by atoms with Gasteiger partial charge in [0, 0.05) is 25.7 Å². The Morgan fingerprint density at radius 2 is 2.25 bits per heavy atom. The van der Waals surface area contributed by atoms with E-state index in [9.17, 15) is 4.79 Å². The molecule has 2 unspecified atom stereocenters. The number of rotatable bonds is 2. The number of carbonyl (C=O) groups is 1.